The van der Waals surface area contributed by atoms with Gasteiger partial charge in [-0.2, -0.15) is 0 Å². The van der Waals surface area contributed by atoms with Crippen molar-refractivity contribution in [3.63, 3.8) is 0 Å². The van der Waals surface area contributed by atoms with Crippen molar-refractivity contribution in [1.29, 1.82) is 0 Å². The first-order valence-corrected chi connectivity index (χ1v) is 5.39. The molecule has 0 aromatic carbocycles. The highest BCUT2D eigenvalue weighted by Crippen LogP contribution is 2.19. The van der Waals surface area contributed by atoms with Gasteiger partial charge in [-0.15, -0.1) is 0 Å². The molecule has 0 radical (unpaired) electrons. The number of aliphatic hydroxyl groups is 1. The molecule has 15 heavy (non-hydrogen) atoms. The monoisotopic (exact) mass is 214 g/mol. The molecule has 1 atom stereocenters. The molecule has 5 nitrogen and oxygen atoms in total. The second kappa shape index (κ2) is 5.11. The minimum absolute atomic E-state index is 0.337. The van der Waals surface area contributed by atoms with Gasteiger partial charge in [-0.25, -0.2) is 4.79 Å². The highest BCUT2D eigenvalue weighted by molar-refractivity contribution is 6.07. The molecule has 0 saturated carbocycles. The van der Waals surface area contributed by atoms with E-state index in [1.54, 1.807) is 0 Å². The van der Waals surface area contributed by atoms with E-state index < -0.39 is 17.5 Å². The van der Waals surface area contributed by atoms with Crippen LogP contribution in [0.5, 0.6) is 0 Å². The summed E-state index contributed by atoms with van der Waals surface area (Å²) in [6.45, 7) is 1.77. The maximum Gasteiger partial charge on any atom is 0.322 e. The Labute approximate surface area is 89.2 Å². The topological polar surface area (TPSA) is 78.4 Å². The Kier molecular flexibility index (Phi) is 4.08. The summed E-state index contributed by atoms with van der Waals surface area (Å²) in [7, 11) is 0. The van der Waals surface area contributed by atoms with E-state index in [-0.39, 0.29) is 6.61 Å². The van der Waals surface area contributed by atoms with E-state index in [1.807, 2.05) is 0 Å². The third-order valence-corrected chi connectivity index (χ3v) is 2.74. The van der Waals surface area contributed by atoms with Gasteiger partial charge in [0.25, 0.3) is 5.91 Å². The van der Waals surface area contributed by atoms with Crippen molar-refractivity contribution < 1.29 is 14.7 Å². The molecule has 1 aliphatic rings. The van der Waals surface area contributed by atoms with Gasteiger partial charge in [-0.05, 0) is 6.42 Å². The minimum Gasteiger partial charge on any atom is -0.393 e. The smallest absolute Gasteiger partial charge is 0.322 e. The molecule has 0 aliphatic carbocycles. The Balaban J connectivity index is 2.46. The summed E-state index contributed by atoms with van der Waals surface area (Å²) in [4.78, 5) is 22.4. The van der Waals surface area contributed by atoms with Gasteiger partial charge in [0.05, 0.1) is 6.61 Å². The maximum atomic E-state index is 11.4. The summed E-state index contributed by atoms with van der Waals surface area (Å²) in [5, 5.41) is 13.8. The fraction of sp³-hybridized carbons (Fsp3) is 0.800. The van der Waals surface area contributed by atoms with E-state index in [2.05, 4.69) is 17.6 Å². The Bertz CT molecular complexity index is 255. The third kappa shape index (κ3) is 2.68. The number of imide groups is 1. The summed E-state index contributed by atoms with van der Waals surface area (Å²) in [5.41, 5.74) is -1.08. The summed E-state index contributed by atoms with van der Waals surface area (Å²) < 4.78 is 0. The molecule has 1 fully saturated rings. The van der Waals surface area contributed by atoms with Crippen molar-refractivity contribution in [2.45, 2.75) is 44.6 Å². The zero-order valence-electron chi connectivity index (χ0n) is 9.01. The zero-order valence-corrected chi connectivity index (χ0v) is 9.01. The second-order valence-corrected chi connectivity index (χ2v) is 3.96. The summed E-state index contributed by atoms with van der Waals surface area (Å²) in [6, 6.07) is -0.510. The number of rotatable bonds is 6. The van der Waals surface area contributed by atoms with Gasteiger partial charge in [-0.1, -0.05) is 32.6 Å². The molecule has 1 rings (SSSR count). The average Bonchev–Trinajstić information content (AvgIpc) is 2.49. The SMILES string of the molecule is CCCCCC[C@]1(CO)NC(=O)NC1=O. The lowest BCUT2D eigenvalue weighted by atomic mass is 9.93. The molecular formula is C10H18N2O3. The number of aliphatic hydroxyl groups excluding tert-OH is 1. The van der Waals surface area contributed by atoms with Crippen molar-refractivity contribution in [2.24, 2.45) is 0 Å². The van der Waals surface area contributed by atoms with E-state index in [4.69, 9.17) is 0 Å². The first-order chi connectivity index (χ1) is 7.14. The molecule has 5 heteroatoms. The Hall–Kier alpha value is -1.10. The van der Waals surface area contributed by atoms with Gasteiger partial charge in [0.2, 0.25) is 0 Å². The van der Waals surface area contributed by atoms with Crippen molar-refractivity contribution in [1.82, 2.24) is 10.6 Å². The van der Waals surface area contributed by atoms with Crippen molar-refractivity contribution in [3.8, 4) is 0 Å². The molecule has 86 valence electrons. The van der Waals surface area contributed by atoms with E-state index >= 15 is 0 Å². The van der Waals surface area contributed by atoms with Crippen LogP contribution in [0, 0.1) is 0 Å². The Morgan fingerprint density at radius 1 is 1.27 bits per heavy atom. The average molecular weight is 214 g/mol. The molecule has 0 aromatic heterocycles. The molecule has 1 aliphatic heterocycles. The molecule has 0 spiro atoms. The number of carbonyl (C=O) groups excluding carboxylic acids is 2. The maximum absolute atomic E-state index is 11.4. The van der Waals surface area contributed by atoms with Crippen molar-refractivity contribution >= 4 is 11.9 Å². The van der Waals surface area contributed by atoms with E-state index in [1.165, 1.54) is 0 Å². The van der Waals surface area contributed by atoms with Crippen LogP contribution in [0.3, 0.4) is 0 Å². The predicted octanol–water partition coefficient (Wildman–Crippen LogP) is 0.527. The van der Waals surface area contributed by atoms with Gasteiger partial charge in [0.1, 0.15) is 5.54 Å². The number of unbranched alkanes of at least 4 members (excludes halogenated alkanes) is 3. The van der Waals surface area contributed by atoms with Crippen LogP contribution in [0.15, 0.2) is 0 Å². The Morgan fingerprint density at radius 3 is 2.47 bits per heavy atom. The van der Waals surface area contributed by atoms with Crippen LogP contribution in [0.1, 0.15) is 39.0 Å². The molecular weight excluding hydrogens is 196 g/mol. The molecule has 1 saturated heterocycles. The molecule has 3 amide bonds. The Morgan fingerprint density at radius 2 is 2.00 bits per heavy atom. The summed E-state index contributed by atoms with van der Waals surface area (Å²) in [6.07, 6.45) is 4.58. The first-order valence-electron chi connectivity index (χ1n) is 5.39. The fourth-order valence-corrected chi connectivity index (χ4v) is 1.75. The van der Waals surface area contributed by atoms with Crippen LogP contribution >= 0.6 is 0 Å². The van der Waals surface area contributed by atoms with Crippen LogP contribution in [-0.4, -0.2) is 29.2 Å². The minimum atomic E-state index is -1.08. The van der Waals surface area contributed by atoms with Crippen LogP contribution in [-0.2, 0) is 4.79 Å². The standard InChI is InChI=1S/C10H18N2O3/c1-2-3-4-5-6-10(7-13)8(14)11-9(15)12-10/h13H,2-7H2,1H3,(H2,11,12,14,15)/t10-/m1/s1. The molecule has 0 unspecified atom stereocenters. The second-order valence-electron chi connectivity index (χ2n) is 3.96. The van der Waals surface area contributed by atoms with Gasteiger partial charge in [-0.3, -0.25) is 10.1 Å². The number of hydrogen-bond acceptors (Lipinski definition) is 3. The molecule has 0 bridgehead atoms. The fourth-order valence-electron chi connectivity index (χ4n) is 1.75. The van der Waals surface area contributed by atoms with Crippen molar-refractivity contribution in [2.75, 3.05) is 6.61 Å². The van der Waals surface area contributed by atoms with Crippen molar-refractivity contribution in [3.05, 3.63) is 0 Å². The van der Waals surface area contributed by atoms with E-state index in [9.17, 15) is 14.7 Å². The zero-order chi connectivity index (χ0) is 11.3. The normalized spacial score (nSPS) is 25.2. The highest BCUT2D eigenvalue weighted by Gasteiger charge is 2.44. The highest BCUT2D eigenvalue weighted by atomic mass is 16.3. The quantitative estimate of drug-likeness (QED) is 0.445. The van der Waals surface area contributed by atoms with Crippen LogP contribution < -0.4 is 10.6 Å². The van der Waals surface area contributed by atoms with Gasteiger partial charge >= 0.3 is 6.03 Å². The lowest BCUT2D eigenvalue weighted by molar-refractivity contribution is -0.125. The predicted molar refractivity (Wildman–Crippen MR) is 55.3 cm³/mol. The molecule has 0 aromatic rings. The van der Waals surface area contributed by atoms with Gasteiger partial charge in [0, 0.05) is 0 Å². The number of hydrogen-bond donors (Lipinski definition) is 3. The van der Waals surface area contributed by atoms with Crippen LogP contribution in [0.2, 0.25) is 0 Å². The lowest BCUT2D eigenvalue weighted by Gasteiger charge is -2.22. The number of urea groups is 1. The van der Waals surface area contributed by atoms with E-state index in [0.29, 0.717) is 6.42 Å². The largest absolute Gasteiger partial charge is 0.393 e. The number of carbonyl (C=O) groups is 2. The van der Waals surface area contributed by atoms with Crippen LogP contribution in [0.25, 0.3) is 0 Å². The summed E-state index contributed by atoms with van der Waals surface area (Å²) >= 11 is 0. The van der Waals surface area contributed by atoms with Crippen LogP contribution in [0.4, 0.5) is 4.79 Å². The lowest BCUT2D eigenvalue weighted by Crippen LogP contribution is -2.50. The summed E-state index contributed by atoms with van der Waals surface area (Å²) in [5.74, 6) is -0.411. The van der Waals surface area contributed by atoms with E-state index in [0.717, 1.165) is 25.7 Å². The van der Waals surface area contributed by atoms with Gasteiger partial charge < -0.3 is 10.4 Å². The van der Waals surface area contributed by atoms with Gasteiger partial charge in [0.15, 0.2) is 0 Å². The number of amides is 3. The molecule has 1 heterocycles. The molecule has 3 N–H and O–H groups in total. The third-order valence-electron chi connectivity index (χ3n) is 2.74. The first kappa shape index (κ1) is 12.0. The number of nitrogens with one attached hydrogen (secondary N) is 2.